The summed E-state index contributed by atoms with van der Waals surface area (Å²) in [5, 5.41) is 5.07. The number of urea groups is 1. The van der Waals surface area contributed by atoms with Crippen LogP contribution < -0.4 is 15.5 Å². The monoisotopic (exact) mass is 374 g/mol. The Morgan fingerprint density at radius 2 is 1.78 bits per heavy atom. The Bertz CT molecular complexity index is 820. The number of aryl methyl sites for hydroxylation is 1. The molecule has 7 heteroatoms. The third kappa shape index (κ3) is 4.74. The Morgan fingerprint density at radius 3 is 2.41 bits per heavy atom. The number of amides is 2. The maximum atomic E-state index is 13.6. The molecule has 1 fully saturated rings. The van der Waals surface area contributed by atoms with Crippen LogP contribution in [0.5, 0.6) is 0 Å². The minimum Gasteiger partial charge on any atom is -0.369 e. The van der Waals surface area contributed by atoms with Crippen LogP contribution in [0.2, 0.25) is 0 Å². The van der Waals surface area contributed by atoms with Crippen molar-refractivity contribution in [2.45, 2.75) is 13.8 Å². The van der Waals surface area contributed by atoms with Crippen molar-refractivity contribution in [3.8, 4) is 0 Å². The lowest BCUT2D eigenvalue weighted by Crippen LogP contribution is -2.46. The Balaban J connectivity index is 1.62. The van der Waals surface area contributed by atoms with E-state index in [1.165, 1.54) is 6.07 Å². The van der Waals surface area contributed by atoms with Gasteiger partial charge in [0.05, 0.1) is 5.69 Å². The first kappa shape index (κ1) is 19.1. The van der Waals surface area contributed by atoms with Crippen molar-refractivity contribution in [3.05, 3.63) is 53.6 Å². The molecule has 144 valence electrons. The third-order valence-corrected chi connectivity index (χ3v) is 4.79. The van der Waals surface area contributed by atoms with Crippen molar-refractivity contribution >= 4 is 23.1 Å². The molecule has 0 aliphatic carbocycles. The number of benzene rings is 2. The molecule has 1 saturated heterocycles. The van der Waals surface area contributed by atoms with Gasteiger partial charge in [0, 0.05) is 43.6 Å². The predicted molar refractivity (Wildman–Crippen MR) is 105 cm³/mol. The molecule has 2 amide bonds. The summed E-state index contributed by atoms with van der Waals surface area (Å²) in [5.41, 5.74) is 2.76. The van der Waals surface area contributed by atoms with E-state index >= 15 is 0 Å². The summed E-state index contributed by atoms with van der Waals surface area (Å²) in [6.45, 7) is 9.29. The molecule has 3 rings (SSSR count). The first-order valence-electron chi connectivity index (χ1n) is 9.07. The van der Waals surface area contributed by atoms with Crippen LogP contribution in [0, 0.1) is 18.6 Å². The number of nitrogens with one attached hydrogen (secondary N) is 2. The van der Waals surface area contributed by atoms with Crippen molar-refractivity contribution in [2.75, 3.05) is 48.3 Å². The number of hydrogen-bond acceptors (Lipinski definition) is 3. The number of anilines is 3. The normalized spacial score (nSPS) is 14.9. The Labute approximate surface area is 158 Å². The van der Waals surface area contributed by atoms with E-state index in [9.17, 15) is 13.6 Å². The second kappa shape index (κ2) is 8.35. The van der Waals surface area contributed by atoms with Gasteiger partial charge in [-0.05, 0) is 49.4 Å². The van der Waals surface area contributed by atoms with Gasteiger partial charge in [-0.3, -0.25) is 0 Å². The van der Waals surface area contributed by atoms with E-state index < -0.39 is 17.7 Å². The van der Waals surface area contributed by atoms with Crippen molar-refractivity contribution in [1.29, 1.82) is 0 Å². The second-order valence-electron chi connectivity index (χ2n) is 6.63. The topological polar surface area (TPSA) is 47.6 Å². The van der Waals surface area contributed by atoms with Crippen molar-refractivity contribution in [3.63, 3.8) is 0 Å². The highest BCUT2D eigenvalue weighted by Crippen LogP contribution is 2.25. The van der Waals surface area contributed by atoms with E-state index in [-0.39, 0.29) is 5.69 Å². The van der Waals surface area contributed by atoms with Crippen LogP contribution in [-0.4, -0.2) is 43.7 Å². The lowest BCUT2D eigenvalue weighted by molar-refractivity contribution is 0.262. The standard InChI is InChI=1S/C20H24F2N4O/c1-3-25-8-10-26(11-9-25)19-7-5-16(12-14(19)2)23-20(27)24-18-6-4-15(21)13-17(18)22/h4-7,12-13H,3,8-11H2,1-2H3,(H2,23,24,27). The number of halogens is 2. The van der Waals surface area contributed by atoms with E-state index in [1.54, 1.807) is 0 Å². The summed E-state index contributed by atoms with van der Waals surface area (Å²) in [4.78, 5) is 16.9. The molecule has 2 aromatic rings. The third-order valence-electron chi connectivity index (χ3n) is 4.79. The highest BCUT2D eigenvalue weighted by Gasteiger charge is 2.17. The number of nitrogens with zero attached hydrogens (tertiary/aromatic N) is 2. The molecule has 1 aliphatic rings. The molecule has 5 nitrogen and oxygen atoms in total. The van der Waals surface area contributed by atoms with Crippen LogP contribution in [0.15, 0.2) is 36.4 Å². The van der Waals surface area contributed by atoms with Crippen LogP contribution in [-0.2, 0) is 0 Å². The van der Waals surface area contributed by atoms with Gasteiger partial charge in [-0.25, -0.2) is 13.6 Å². The maximum absolute atomic E-state index is 13.6. The molecule has 1 aliphatic heterocycles. The molecule has 0 spiro atoms. The van der Waals surface area contributed by atoms with Gasteiger partial charge in [0.25, 0.3) is 0 Å². The quantitative estimate of drug-likeness (QED) is 0.849. The fourth-order valence-electron chi connectivity index (χ4n) is 3.27. The van der Waals surface area contributed by atoms with E-state index in [0.717, 1.165) is 56.1 Å². The maximum Gasteiger partial charge on any atom is 0.323 e. The van der Waals surface area contributed by atoms with Gasteiger partial charge in [-0.2, -0.15) is 0 Å². The smallest absolute Gasteiger partial charge is 0.323 e. The summed E-state index contributed by atoms with van der Waals surface area (Å²) in [6, 6.07) is 8.14. The molecule has 0 unspecified atom stereocenters. The Morgan fingerprint density at radius 1 is 1.04 bits per heavy atom. The van der Waals surface area contributed by atoms with Gasteiger partial charge in [-0.15, -0.1) is 0 Å². The number of carbonyl (C=O) groups excluding carboxylic acids is 1. The van der Waals surface area contributed by atoms with Gasteiger partial charge in [0.1, 0.15) is 11.6 Å². The summed E-state index contributed by atoms with van der Waals surface area (Å²) < 4.78 is 26.6. The molecule has 27 heavy (non-hydrogen) atoms. The highest BCUT2D eigenvalue weighted by atomic mass is 19.1. The van der Waals surface area contributed by atoms with Gasteiger partial charge < -0.3 is 20.4 Å². The fraction of sp³-hybridized carbons (Fsp3) is 0.350. The molecular formula is C20H24F2N4O. The van der Waals surface area contributed by atoms with Gasteiger partial charge >= 0.3 is 6.03 Å². The van der Waals surface area contributed by atoms with Crippen LogP contribution >= 0.6 is 0 Å². The van der Waals surface area contributed by atoms with Crippen LogP contribution in [0.1, 0.15) is 12.5 Å². The molecule has 0 bridgehead atoms. The zero-order chi connectivity index (χ0) is 19.4. The van der Waals surface area contributed by atoms with Gasteiger partial charge in [0.15, 0.2) is 0 Å². The second-order valence-corrected chi connectivity index (χ2v) is 6.63. The largest absolute Gasteiger partial charge is 0.369 e. The zero-order valence-electron chi connectivity index (χ0n) is 15.6. The van der Waals surface area contributed by atoms with E-state index in [1.807, 2.05) is 25.1 Å². The molecule has 0 radical (unpaired) electrons. The zero-order valence-corrected chi connectivity index (χ0v) is 15.6. The number of carbonyl (C=O) groups is 1. The molecule has 1 heterocycles. The van der Waals surface area contributed by atoms with E-state index in [0.29, 0.717) is 5.69 Å². The highest BCUT2D eigenvalue weighted by molar-refractivity contribution is 6.00. The average molecular weight is 374 g/mol. The first-order chi connectivity index (χ1) is 13.0. The summed E-state index contributed by atoms with van der Waals surface area (Å²) >= 11 is 0. The first-order valence-corrected chi connectivity index (χ1v) is 9.07. The van der Waals surface area contributed by atoms with Gasteiger partial charge in [0.2, 0.25) is 0 Å². The molecule has 0 aromatic heterocycles. The van der Waals surface area contributed by atoms with E-state index in [4.69, 9.17) is 0 Å². The predicted octanol–water partition coefficient (Wildman–Crippen LogP) is 4.06. The van der Waals surface area contributed by atoms with Crippen molar-refractivity contribution < 1.29 is 13.6 Å². The molecule has 0 atom stereocenters. The fourth-order valence-corrected chi connectivity index (χ4v) is 3.27. The summed E-state index contributed by atoms with van der Waals surface area (Å²) in [5.74, 6) is -1.51. The number of rotatable bonds is 4. The molecular weight excluding hydrogens is 350 g/mol. The number of piperazine rings is 1. The lowest BCUT2D eigenvalue weighted by atomic mass is 10.1. The molecule has 2 N–H and O–H groups in total. The van der Waals surface area contributed by atoms with Crippen molar-refractivity contribution in [1.82, 2.24) is 4.90 Å². The minimum absolute atomic E-state index is 0.0731. The number of hydrogen-bond donors (Lipinski definition) is 2. The lowest BCUT2D eigenvalue weighted by Gasteiger charge is -2.36. The Kier molecular flexibility index (Phi) is 5.91. The minimum atomic E-state index is -0.817. The Hall–Kier alpha value is -2.67. The molecule has 0 saturated carbocycles. The van der Waals surface area contributed by atoms with Crippen LogP contribution in [0.4, 0.5) is 30.6 Å². The van der Waals surface area contributed by atoms with Crippen LogP contribution in [0.25, 0.3) is 0 Å². The summed E-state index contributed by atoms with van der Waals surface area (Å²) in [6.07, 6.45) is 0. The van der Waals surface area contributed by atoms with E-state index in [2.05, 4.69) is 27.4 Å². The SMILES string of the molecule is CCN1CCN(c2ccc(NC(=O)Nc3ccc(F)cc3F)cc2C)CC1. The van der Waals surface area contributed by atoms with Gasteiger partial charge in [-0.1, -0.05) is 6.92 Å². The van der Waals surface area contributed by atoms with Crippen molar-refractivity contribution in [2.24, 2.45) is 0 Å². The summed E-state index contributed by atoms with van der Waals surface area (Å²) in [7, 11) is 0. The average Bonchev–Trinajstić information content (AvgIpc) is 2.64. The number of likely N-dealkylation sites (N-methyl/N-ethyl adjacent to an activating group) is 1. The molecule has 2 aromatic carbocycles. The van der Waals surface area contributed by atoms with Crippen LogP contribution in [0.3, 0.4) is 0 Å².